The molecule has 1 fully saturated rings. The van der Waals surface area contributed by atoms with Gasteiger partial charge in [-0.2, -0.15) is 0 Å². The number of rotatable bonds is 5. The first-order valence-electron chi connectivity index (χ1n) is 6.27. The summed E-state index contributed by atoms with van der Waals surface area (Å²) in [6, 6.07) is 8.22. The molecule has 2 rings (SSSR count). The fourth-order valence-corrected chi connectivity index (χ4v) is 2.11. The summed E-state index contributed by atoms with van der Waals surface area (Å²) in [6.45, 7) is 3.21. The number of carbonyl (C=O) groups excluding carboxylic acids is 1. The third-order valence-corrected chi connectivity index (χ3v) is 3.66. The van der Waals surface area contributed by atoms with Crippen molar-refractivity contribution in [1.82, 2.24) is 5.32 Å². The van der Waals surface area contributed by atoms with E-state index in [4.69, 9.17) is 5.73 Å². The lowest BCUT2D eigenvalue weighted by molar-refractivity contribution is -0.126. The minimum atomic E-state index is -0.249. The van der Waals surface area contributed by atoms with E-state index in [1.165, 1.54) is 11.1 Å². The van der Waals surface area contributed by atoms with Crippen molar-refractivity contribution in [1.29, 1.82) is 0 Å². The topological polar surface area (TPSA) is 55.1 Å². The highest BCUT2D eigenvalue weighted by atomic mass is 16.2. The van der Waals surface area contributed by atoms with E-state index in [1.54, 1.807) is 0 Å². The van der Waals surface area contributed by atoms with Crippen LogP contribution in [0.1, 0.15) is 30.9 Å². The van der Waals surface area contributed by atoms with Crippen molar-refractivity contribution in [2.45, 2.75) is 32.7 Å². The second-order valence-electron chi connectivity index (χ2n) is 4.79. The van der Waals surface area contributed by atoms with Gasteiger partial charge in [0.2, 0.25) is 5.91 Å². The summed E-state index contributed by atoms with van der Waals surface area (Å²) in [4.78, 5) is 11.9. The lowest BCUT2D eigenvalue weighted by Crippen LogP contribution is -2.36. The van der Waals surface area contributed by atoms with E-state index in [0.717, 1.165) is 19.3 Å². The Morgan fingerprint density at radius 3 is 2.53 bits per heavy atom. The van der Waals surface area contributed by atoms with Crippen molar-refractivity contribution in [2.75, 3.05) is 6.54 Å². The zero-order valence-electron chi connectivity index (χ0n) is 10.3. The fourth-order valence-electron chi connectivity index (χ4n) is 2.11. The van der Waals surface area contributed by atoms with Gasteiger partial charge in [-0.05, 0) is 30.4 Å². The van der Waals surface area contributed by atoms with E-state index in [2.05, 4.69) is 24.4 Å². The molecule has 0 bridgehead atoms. The van der Waals surface area contributed by atoms with Gasteiger partial charge in [-0.3, -0.25) is 4.79 Å². The molecular weight excluding hydrogens is 212 g/mol. The Hall–Kier alpha value is -1.35. The Balaban J connectivity index is 1.96. The van der Waals surface area contributed by atoms with E-state index in [9.17, 15) is 4.79 Å². The second kappa shape index (κ2) is 4.88. The number of nitrogens with two attached hydrogens (primary N) is 1. The maximum atomic E-state index is 11.9. The molecule has 0 unspecified atom stereocenters. The molecule has 1 amide bonds. The van der Waals surface area contributed by atoms with Crippen LogP contribution >= 0.6 is 0 Å². The number of carbonyl (C=O) groups is 1. The number of hydrogen-bond donors (Lipinski definition) is 2. The average molecular weight is 232 g/mol. The summed E-state index contributed by atoms with van der Waals surface area (Å²) in [6.07, 6.45) is 2.86. The molecule has 3 heteroatoms. The summed E-state index contributed by atoms with van der Waals surface area (Å²) < 4.78 is 0. The highest BCUT2D eigenvalue weighted by molar-refractivity contribution is 5.85. The highest BCUT2D eigenvalue weighted by Gasteiger charge is 2.48. The molecule has 1 aliphatic carbocycles. The zero-order chi connectivity index (χ0) is 12.3. The molecule has 0 atom stereocenters. The van der Waals surface area contributed by atoms with Gasteiger partial charge in [-0.1, -0.05) is 31.2 Å². The minimum Gasteiger partial charge on any atom is -0.351 e. The number of aryl methyl sites for hydroxylation is 1. The van der Waals surface area contributed by atoms with Crippen LogP contribution in [0, 0.1) is 5.41 Å². The Kier molecular flexibility index (Phi) is 3.48. The predicted octanol–water partition coefficient (Wildman–Crippen LogP) is 1.60. The normalized spacial score (nSPS) is 16.6. The van der Waals surface area contributed by atoms with Crippen molar-refractivity contribution in [3.05, 3.63) is 35.4 Å². The highest BCUT2D eigenvalue weighted by Crippen LogP contribution is 2.44. The van der Waals surface area contributed by atoms with E-state index < -0.39 is 0 Å². The first kappa shape index (κ1) is 12.1. The lowest BCUT2D eigenvalue weighted by atomic mass is 10.0. The van der Waals surface area contributed by atoms with Crippen LogP contribution in [-0.4, -0.2) is 12.5 Å². The molecule has 0 aromatic heterocycles. The summed E-state index contributed by atoms with van der Waals surface area (Å²) in [7, 11) is 0. The molecule has 1 aromatic carbocycles. The Labute approximate surface area is 102 Å². The third-order valence-electron chi connectivity index (χ3n) is 3.66. The predicted molar refractivity (Wildman–Crippen MR) is 68.4 cm³/mol. The fraction of sp³-hybridized carbons (Fsp3) is 0.500. The second-order valence-corrected chi connectivity index (χ2v) is 4.79. The molecule has 0 heterocycles. The Bertz CT molecular complexity index is 410. The maximum Gasteiger partial charge on any atom is 0.227 e. The Morgan fingerprint density at radius 1 is 1.35 bits per heavy atom. The quantitative estimate of drug-likeness (QED) is 0.810. The summed E-state index contributed by atoms with van der Waals surface area (Å²) in [5.74, 6) is 0.117. The van der Waals surface area contributed by atoms with E-state index in [1.807, 2.05) is 12.1 Å². The Morgan fingerprint density at radius 2 is 2.00 bits per heavy atom. The van der Waals surface area contributed by atoms with Crippen molar-refractivity contribution in [3.8, 4) is 0 Å². The summed E-state index contributed by atoms with van der Waals surface area (Å²) in [5, 5.41) is 3.01. The molecule has 3 nitrogen and oxygen atoms in total. The molecule has 1 aromatic rings. The maximum absolute atomic E-state index is 11.9. The smallest absolute Gasteiger partial charge is 0.227 e. The van der Waals surface area contributed by atoms with E-state index in [-0.39, 0.29) is 11.3 Å². The van der Waals surface area contributed by atoms with Crippen molar-refractivity contribution >= 4 is 5.91 Å². The van der Waals surface area contributed by atoms with Gasteiger partial charge in [0.05, 0.1) is 5.41 Å². The molecule has 0 aliphatic heterocycles. The van der Waals surface area contributed by atoms with Crippen LogP contribution in [0.2, 0.25) is 0 Å². The summed E-state index contributed by atoms with van der Waals surface area (Å²) in [5.41, 5.74) is 7.89. The first-order chi connectivity index (χ1) is 8.22. The molecule has 1 saturated carbocycles. The molecular formula is C14H20N2O. The molecule has 0 radical (unpaired) electrons. The number of benzene rings is 1. The van der Waals surface area contributed by atoms with Crippen LogP contribution in [0.15, 0.2) is 24.3 Å². The molecule has 17 heavy (non-hydrogen) atoms. The monoisotopic (exact) mass is 232 g/mol. The minimum absolute atomic E-state index is 0.117. The molecule has 92 valence electrons. The lowest BCUT2D eigenvalue weighted by Gasteiger charge is -2.14. The van der Waals surface area contributed by atoms with E-state index >= 15 is 0 Å². The number of nitrogens with one attached hydrogen (secondary N) is 1. The van der Waals surface area contributed by atoms with Gasteiger partial charge in [0.25, 0.3) is 0 Å². The van der Waals surface area contributed by atoms with Crippen LogP contribution in [0.3, 0.4) is 0 Å². The largest absolute Gasteiger partial charge is 0.351 e. The SMILES string of the molecule is CCc1ccccc1CNC(=O)C1(CN)CC1. The van der Waals surface area contributed by atoms with Gasteiger partial charge in [0, 0.05) is 13.1 Å². The van der Waals surface area contributed by atoms with Gasteiger partial charge in [-0.25, -0.2) is 0 Å². The van der Waals surface area contributed by atoms with Gasteiger partial charge in [-0.15, -0.1) is 0 Å². The number of hydrogen-bond acceptors (Lipinski definition) is 2. The number of amides is 1. The van der Waals surface area contributed by atoms with Crippen LogP contribution in [0.25, 0.3) is 0 Å². The van der Waals surface area contributed by atoms with Crippen molar-refractivity contribution in [3.63, 3.8) is 0 Å². The van der Waals surface area contributed by atoms with Crippen molar-refractivity contribution < 1.29 is 4.79 Å². The molecule has 1 aliphatic rings. The third kappa shape index (κ3) is 2.50. The zero-order valence-corrected chi connectivity index (χ0v) is 10.3. The average Bonchev–Trinajstić information content (AvgIpc) is 3.17. The standard InChI is InChI=1S/C14H20N2O/c1-2-11-5-3-4-6-12(11)9-16-13(17)14(10-15)7-8-14/h3-6H,2,7-10,15H2,1H3,(H,16,17). The van der Waals surface area contributed by atoms with Gasteiger partial charge in [0.1, 0.15) is 0 Å². The van der Waals surface area contributed by atoms with Gasteiger partial charge in [0.15, 0.2) is 0 Å². The van der Waals surface area contributed by atoms with Crippen molar-refractivity contribution in [2.24, 2.45) is 11.1 Å². The van der Waals surface area contributed by atoms with Crippen LogP contribution in [0.5, 0.6) is 0 Å². The molecule has 3 N–H and O–H groups in total. The van der Waals surface area contributed by atoms with Gasteiger partial charge >= 0.3 is 0 Å². The molecule has 0 saturated heterocycles. The van der Waals surface area contributed by atoms with E-state index in [0.29, 0.717) is 13.1 Å². The summed E-state index contributed by atoms with van der Waals surface area (Å²) >= 11 is 0. The van der Waals surface area contributed by atoms with Gasteiger partial charge < -0.3 is 11.1 Å². The van der Waals surface area contributed by atoms with Crippen LogP contribution < -0.4 is 11.1 Å². The first-order valence-corrected chi connectivity index (χ1v) is 6.27. The molecule has 0 spiro atoms. The van der Waals surface area contributed by atoms with Crippen LogP contribution in [-0.2, 0) is 17.8 Å². The van der Waals surface area contributed by atoms with Crippen LogP contribution in [0.4, 0.5) is 0 Å².